The zero-order chi connectivity index (χ0) is 19.6. The highest BCUT2D eigenvalue weighted by Gasteiger charge is 2.40. The maximum atomic E-state index is 12.7. The van der Waals surface area contributed by atoms with Gasteiger partial charge in [0, 0.05) is 25.6 Å². The number of fused-ring (bicyclic) bond motifs is 1. The van der Waals surface area contributed by atoms with Gasteiger partial charge in [-0.1, -0.05) is 42.5 Å². The molecule has 0 atom stereocenters. The van der Waals surface area contributed by atoms with Crippen molar-refractivity contribution >= 4 is 21.8 Å². The molecule has 2 aromatic rings. The Hall–Kier alpha value is -2.67. The van der Waals surface area contributed by atoms with Gasteiger partial charge < -0.3 is 4.90 Å². The van der Waals surface area contributed by atoms with Crippen LogP contribution >= 0.6 is 0 Å². The van der Waals surface area contributed by atoms with Gasteiger partial charge in [-0.05, 0) is 31.5 Å². The lowest BCUT2D eigenvalue weighted by atomic mass is 10.1. The summed E-state index contributed by atoms with van der Waals surface area (Å²) in [4.78, 5) is 26.9. The number of rotatable bonds is 6. The first-order valence-corrected chi connectivity index (χ1v) is 10.3. The highest BCUT2D eigenvalue weighted by atomic mass is 32.2. The Morgan fingerprint density at radius 3 is 2.30 bits per heavy atom. The molecule has 2 amide bonds. The second-order valence-electron chi connectivity index (χ2n) is 6.73. The number of carbonyl (C=O) groups excluding carboxylic acids is 2. The van der Waals surface area contributed by atoms with E-state index in [0.29, 0.717) is 6.54 Å². The SMILES string of the molecule is CC(C)N(Cc1ccccc1)C(=O)CCN1C(=O)c2ccccc2S1(=O)=O. The van der Waals surface area contributed by atoms with E-state index in [1.54, 1.807) is 17.0 Å². The molecule has 7 heteroatoms. The molecular weight excluding hydrogens is 364 g/mol. The Labute approximate surface area is 159 Å². The predicted molar refractivity (Wildman–Crippen MR) is 101 cm³/mol. The van der Waals surface area contributed by atoms with E-state index < -0.39 is 15.9 Å². The number of hydrogen-bond acceptors (Lipinski definition) is 4. The summed E-state index contributed by atoms with van der Waals surface area (Å²) in [5.41, 5.74) is 1.16. The molecule has 142 valence electrons. The van der Waals surface area contributed by atoms with E-state index in [9.17, 15) is 18.0 Å². The van der Waals surface area contributed by atoms with Gasteiger partial charge in [-0.15, -0.1) is 0 Å². The summed E-state index contributed by atoms with van der Waals surface area (Å²) in [5, 5.41) is 0. The molecule has 0 fully saturated rings. The Bertz CT molecular complexity index is 955. The third-order valence-corrected chi connectivity index (χ3v) is 6.42. The zero-order valence-corrected chi connectivity index (χ0v) is 16.1. The van der Waals surface area contributed by atoms with E-state index in [1.807, 2.05) is 44.2 Å². The minimum Gasteiger partial charge on any atom is -0.336 e. The third kappa shape index (κ3) is 3.73. The number of amides is 2. The average molecular weight is 386 g/mol. The number of carbonyl (C=O) groups is 2. The summed E-state index contributed by atoms with van der Waals surface area (Å²) in [7, 11) is -3.88. The fourth-order valence-corrected chi connectivity index (χ4v) is 4.70. The molecule has 0 spiro atoms. The molecule has 1 aliphatic rings. The summed E-state index contributed by atoms with van der Waals surface area (Å²) in [5.74, 6) is -0.759. The van der Waals surface area contributed by atoms with Gasteiger partial charge in [-0.25, -0.2) is 12.7 Å². The van der Waals surface area contributed by atoms with Gasteiger partial charge >= 0.3 is 0 Å². The fourth-order valence-electron chi connectivity index (χ4n) is 3.13. The van der Waals surface area contributed by atoms with Crippen LogP contribution in [0.1, 0.15) is 36.2 Å². The molecule has 1 aliphatic heterocycles. The Balaban J connectivity index is 1.72. The van der Waals surface area contributed by atoms with Gasteiger partial charge in [0.2, 0.25) is 5.91 Å². The van der Waals surface area contributed by atoms with Crippen molar-refractivity contribution in [3.63, 3.8) is 0 Å². The van der Waals surface area contributed by atoms with Crippen molar-refractivity contribution < 1.29 is 18.0 Å². The van der Waals surface area contributed by atoms with Gasteiger partial charge in [-0.2, -0.15) is 0 Å². The molecule has 6 nitrogen and oxygen atoms in total. The number of nitrogens with zero attached hydrogens (tertiary/aromatic N) is 2. The van der Waals surface area contributed by atoms with Crippen LogP contribution in [0.3, 0.4) is 0 Å². The van der Waals surface area contributed by atoms with E-state index in [4.69, 9.17) is 0 Å². The van der Waals surface area contributed by atoms with Gasteiger partial charge in [0.05, 0.1) is 5.56 Å². The van der Waals surface area contributed by atoms with Crippen molar-refractivity contribution in [3.05, 3.63) is 65.7 Å². The minimum absolute atomic E-state index is 0.00690. The van der Waals surface area contributed by atoms with Crippen LogP contribution in [-0.2, 0) is 21.4 Å². The van der Waals surface area contributed by atoms with Gasteiger partial charge in [-0.3, -0.25) is 9.59 Å². The van der Waals surface area contributed by atoms with Crippen molar-refractivity contribution in [1.29, 1.82) is 0 Å². The zero-order valence-electron chi connectivity index (χ0n) is 15.3. The maximum absolute atomic E-state index is 12.7. The molecule has 0 unspecified atom stereocenters. The first-order valence-electron chi connectivity index (χ1n) is 8.82. The number of hydrogen-bond donors (Lipinski definition) is 0. The molecule has 0 saturated carbocycles. The van der Waals surface area contributed by atoms with E-state index in [2.05, 4.69) is 0 Å². The number of sulfonamides is 1. The van der Waals surface area contributed by atoms with Crippen molar-refractivity contribution in [3.8, 4) is 0 Å². The monoisotopic (exact) mass is 386 g/mol. The lowest BCUT2D eigenvalue weighted by molar-refractivity contribution is -0.133. The van der Waals surface area contributed by atoms with Gasteiger partial charge in [0.15, 0.2) is 0 Å². The summed E-state index contributed by atoms with van der Waals surface area (Å²) in [6, 6.07) is 15.7. The molecule has 0 aliphatic carbocycles. The predicted octanol–water partition coefficient (Wildman–Crippen LogP) is 2.66. The lowest BCUT2D eigenvalue weighted by Gasteiger charge is -2.27. The van der Waals surface area contributed by atoms with Crippen molar-refractivity contribution in [2.75, 3.05) is 6.54 Å². The van der Waals surface area contributed by atoms with E-state index in [0.717, 1.165) is 9.87 Å². The Kier molecular flexibility index (Phi) is 5.32. The van der Waals surface area contributed by atoms with Crippen LogP contribution in [-0.4, -0.2) is 42.0 Å². The van der Waals surface area contributed by atoms with Crippen molar-refractivity contribution in [2.24, 2.45) is 0 Å². The Morgan fingerprint density at radius 1 is 1.04 bits per heavy atom. The Morgan fingerprint density at radius 2 is 1.67 bits per heavy atom. The number of benzene rings is 2. The van der Waals surface area contributed by atoms with Crippen LogP contribution in [0.5, 0.6) is 0 Å². The minimum atomic E-state index is -3.88. The molecule has 1 heterocycles. The van der Waals surface area contributed by atoms with Crippen molar-refractivity contribution in [2.45, 2.75) is 37.8 Å². The quantitative estimate of drug-likeness (QED) is 0.765. The second kappa shape index (κ2) is 7.52. The standard InChI is InChI=1S/C20H22N2O4S/c1-15(2)21(14-16-8-4-3-5-9-16)19(23)12-13-22-20(24)17-10-6-7-11-18(17)27(22,25)26/h3-11,15H,12-14H2,1-2H3. The lowest BCUT2D eigenvalue weighted by Crippen LogP contribution is -2.39. The largest absolute Gasteiger partial charge is 0.336 e. The molecular formula is C20H22N2O4S. The van der Waals surface area contributed by atoms with E-state index >= 15 is 0 Å². The van der Waals surface area contributed by atoms with Crippen LogP contribution < -0.4 is 0 Å². The van der Waals surface area contributed by atoms with Crippen LogP contribution in [0.4, 0.5) is 0 Å². The molecule has 0 aromatic heterocycles. The smallest absolute Gasteiger partial charge is 0.269 e. The van der Waals surface area contributed by atoms with Gasteiger partial charge in [0.1, 0.15) is 4.90 Å². The first-order chi connectivity index (χ1) is 12.8. The third-order valence-electron chi connectivity index (χ3n) is 4.58. The fraction of sp³-hybridized carbons (Fsp3) is 0.300. The molecule has 0 radical (unpaired) electrons. The molecule has 0 N–H and O–H groups in total. The maximum Gasteiger partial charge on any atom is 0.269 e. The van der Waals surface area contributed by atoms with Gasteiger partial charge in [0.25, 0.3) is 15.9 Å². The highest BCUT2D eigenvalue weighted by Crippen LogP contribution is 2.30. The average Bonchev–Trinajstić information content (AvgIpc) is 2.85. The molecule has 2 aromatic carbocycles. The first kappa shape index (κ1) is 19.1. The van der Waals surface area contributed by atoms with Crippen LogP contribution in [0.2, 0.25) is 0 Å². The topological polar surface area (TPSA) is 74.8 Å². The second-order valence-corrected chi connectivity index (χ2v) is 8.56. The van der Waals surface area contributed by atoms with Crippen LogP contribution in [0, 0.1) is 0 Å². The van der Waals surface area contributed by atoms with Crippen LogP contribution in [0.25, 0.3) is 0 Å². The summed E-state index contributed by atoms with van der Waals surface area (Å²) in [6.45, 7) is 4.10. The van der Waals surface area contributed by atoms with E-state index in [-0.39, 0.29) is 35.4 Å². The van der Waals surface area contributed by atoms with Crippen LogP contribution in [0.15, 0.2) is 59.5 Å². The molecule has 0 bridgehead atoms. The molecule has 0 saturated heterocycles. The summed E-state index contributed by atoms with van der Waals surface area (Å²) >= 11 is 0. The highest BCUT2D eigenvalue weighted by molar-refractivity contribution is 7.90. The normalized spacial score (nSPS) is 15.1. The summed E-state index contributed by atoms with van der Waals surface area (Å²) in [6.07, 6.45) is -0.0516. The van der Waals surface area contributed by atoms with E-state index in [1.165, 1.54) is 12.1 Å². The van der Waals surface area contributed by atoms with Crippen molar-refractivity contribution in [1.82, 2.24) is 9.21 Å². The summed E-state index contributed by atoms with van der Waals surface area (Å²) < 4.78 is 26.0. The molecule has 27 heavy (non-hydrogen) atoms. The molecule has 3 rings (SSSR count).